The van der Waals surface area contributed by atoms with Crippen molar-refractivity contribution in [3.05, 3.63) is 157 Å². The van der Waals surface area contributed by atoms with E-state index in [1.165, 1.54) is 98.4 Å². The van der Waals surface area contributed by atoms with E-state index in [2.05, 4.69) is 159 Å². The molecule has 1 aliphatic rings. The molecule has 0 spiro atoms. The molecule has 45 heavy (non-hydrogen) atoms. The molecule has 1 aliphatic carbocycles. The summed E-state index contributed by atoms with van der Waals surface area (Å²) in [4.78, 5) is 0. The van der Waals surface area contributed by atoms with Crippen LogP contribution in [0.3, 0.4) is 0 Å². The number of fused-ring (bicyclic) bond motifs is 5. The molecule has 0 fully saturated rings. The lowest BCUT2D eigenvalue weighted by molar-refractivity contribution is 0.661. The summed E-state index contributed by atoms with van der Waals surface area (Å²) in [6, 6.07) is 54.7. The van der Waals surface area contributed by atoms with Gasteiger partial charge < -0.3 is 0 Å². The summed E-state index contributed by atoms with van der Waals surface area (Å²) in [5.41, 5.74) is 10.6. The van der Waals surface area contributed by atoms with Crippen molar-refractivity contribution in [2.45, 2.75) is 19.3 Å². The van der Waals surface area contributed by atoms with Crippen molar-refractivity contribution in [1.82, 2.24) is 0 Å². The van der Waals surface area contributed by atoms with E-state index in [0.29, 0.717) is 0 Å². The summed E-state index contributed by atoms with van der Waals surface area (Å²) in [6.07, 6.45) is 0. The Morgan fingerprint density at radius 3 is 1.78 bits per heavy atom. The molecule has 210 valence electrons. The highest BCUT2D eigenvalue weighted by Gasteiger charge is 2.36. The second kappa shape index (κ2) is 8.80. The molecular weight excluding hydrogens is 540 g/mol. The summed E-state index contributed by atoms with van der Waals surface area (Å²) in [6.45, 7) is 4.79. The van der Waals surface area contributed by atoms with E-state index in [1.54, 1.807) is 0 Å². The van der Waals surface area contributed by atoms with Crippen molar-refractivity contribution < 1.29 is 0 Å². The van der Waals surface area contributed by atoms with Crippen LogP contribution >= 0.6 is 0 Å². The first kappa shape index (κ1) is 24.9. The second-order valence-electron chi connectivity index (χ2n) is 13.3. The zero-order chi connectivity index (χ0) is 29.9. The van der Waals surface area contributed by atoms with Gasteiger partial charge in [0.2, 0.25) is 0 Å². The SMILES string of the molecule is CC1(C)c2cc(-c3ccc4ccc5cccc6ccc3c4c56)ccc2-c2cc3c(-c4cccc5ccccc45)cccc3cc21. The van der Waals surface area contributed by atoms with Crippen LogP contribution in [0.15, 0.2) is 146 Å². The van der Waals surface area contributed by atoms with Crippen LogP contribution in [-0.4, -0.2) is 0 Å². The van der Waals surface area contributed by atoms with Crippen LogP contribution in [0.2, 0.25) is 0 Å². The quantitative estimate of drug-likeness (QED) is 0.181. The van der Waals surface area contributed by atoms with Crippen LogP contribution in [0.1, 0.15) is 25.0 Å². The Kier molecular flexibility index (Phi) is 4.88. The first-order chi connectivity index (χ1) is 22.1. The minimum atomic E-state index is -0.103. The molecule has 0 heterocycles. The number of hydrogen-bond acceptors (Lipinski definition) is 0. The van der Waals surface area contributed by atoms with Crippen LogP contribution in [0, 0.1) is 0 Å². The Morgan fingerprint density at radius 2 is 0.933 bits per heavy atom. The Bertz CT molecular complexity index is 2650. The van der Waals surface area contributed by atoms with Crippen LogP contribution in [0.4, 0.5) is 0 Å². The van der Waals surface area contributed by atoms with Gasteiger partial charge in [-0.1, -0.05) is 141 Å². The van der Waals surface area contributed by atoms with E-state index in [1.807, 2.05) is 0 Å². The van der Waals surface area contributed by atoms with Crippen LogP contribution in [0.25, 0.3) is 87.2 Å². The van der Waals surface area contributed by atoms with Crippen molar-refractivity contribution in [2.24, 2.45) is 0 Å². The second-order valence-corrected chi connectivity index (χ2v) is 13.3. The summed E-state index contributed by atoms with van der Waals surface area (Å²) in [5, 5.41) is 13.2. The normalized spacial score (nSPS) is 13.7. The minimum absolute atomic E-state index is 0.103. The van der Waals surface area contributed by atoms with Crippen molar-refractivity contribution in [2.75, 3.05) is 0 Å². The van der Waals surface area contributed by atoms with Crippen LogP contribution < -0.4 is 0 Å². The zero-order valence-electron chi connectivity index (χ0n) is 25.4. The van der Waals surface area contributed by atoms with Gasteiger partial charge in [0.1, 0.15) is 0 Å². The van der Waals surface area contributed by atoms with E-state index in [9.17, 15) is 0 Å². The van der Waals surface area contributed by atoms with Crippen LogP contribution in [0.5, 0.6) is 0 Å². The topological polar surface area (TPSA) is 0 Å². The lowest BCUT2D eigenvalue weighted by Gasteiger charge is -2.23. The first-order valence-electron chi connectivity index (χ1n) is 15.9. The van der Waals surface area contributed by atoms with E-state index in [-0.39, 0.29) is 5.41 Å². The van der Waals surface area contributed by atoms with Gasteiger partial charge in [0.05, 0.1) is 0 Å². The molecule has 0 aliphatic heterocycles. The minimum Gasteiger partial charge on any atom is -0.0616 e. The van der Waals surface area contributed by atoms with Crippen molar-refractivity contribution in [3.63, 3.8) is 0 Å². The fraction of sp³-hybridized carbons (Fsp3) is 0.0667. The first-order valence-corrected chi connectivity index (χ1v) is 15.9. The summed E-state index contributed by atoms with van der Waals surface area (Å²) < 4.78 is 0. The van der Waals surface area contributed by atoms with Gasteiger partial charge in [-0.3, -0.25) is 0 Å². The predicted octanol–water partition coefficient (Wildman–Crippen LogP) is 12.5. The van der Waals surface area contributed by atoms with Gasteiger partial charge in [0.25, 0.3) is 0 Å². The van der Waals surface area contributed by atoms with E-state index in [4.69, 9.17) is 0 Å². The third kappa shape index (κ3) is 3.37. The summed E-state index contributed by atoms with van der Waals surface area (Å²) in [7, 11) is 0. The fourth-order valence-electron chi connectivity index (χ4n) is 8.36. The van der Waals surface area contributed by atoms with Gasteiger partial charge in [-0.05, 0) is 117 Å². The Hall–Kier alpha value is -5.46. The van der Waals surface area contributed by atoms with Gasteiger partial charge >= 0.3 is 0 Å². The average molecular weight is 571 g/mol. The third-order valence-corrected chi connectivity index (χ3v) is 10.6. The largest absolute Gasteiger partial charge is 0.0616 e. The van der Waals surface area contributed by atoms with Gasteiger partial charge in [0.15, 0.2) is 0 Å². The molecule has 0 saturated heterocycles. The number of hydrogen-bond donors (Lipinski definition) is 0. The maximum Gasteiger partial charge on any atom is 0.0159 e. The summed E-state index contributed by atoms with van der Waals surface area (Å²) in [5.74, 6) is 0. The molecule has 0 radical (unpaired) electrons. The number of benzene rings is 9. The van der Waals surface area contributed by atoms with Crippen molar-refractivity contribution >= 4 is 53.9 Å². The van der Waals surface area contributed by atoms with E-state index >= 15 is 0 Å². The molecule has 0 heteroatoms. The predicted molar refractivity (Wildman–Crippen MR) is 194 cm³/mol. The van der Waals surface area contributed by atoms with E-state index in [0.717, 1.165) is 0 Å². The molecule has 0 nitrogen and oxygen atoms in total. The lowest BCUT2D eigenvalue weighted by Crippen LogP contribution is -2.15. The molecule has 9 aromatic carbocycles. The molecule has 0 bridgehead atoms. The molecule has 0 atom stereocenters. The van der Waals surface area contributed by atoms with Gasteiger partial charge in [0, 0.05) is 5.41 Å². The van der Waals surface area contributed by atoms with Gasteiger partial charge in [-0.25, -0.2) is 0 Å². The maximum absolute atomic E-state index is 2.47. The van der Waals surface area contributed by atoms with Gasteiger partial charge in [-0.2, -0.15) is 0 Å². The Labute approximate surface area is 262 Å². The Morgan fingerprint density at radius 1 is 0.333 bits per heavy atom. The monoisotopic (exact) mass is 570 g/mol. The fourth-order valence-corrected chi connectivity index (χ4v) is 8.36. The smallest absolute Gasteiger partial charge is 0.0159 e. The average Bonchev–Trinajstić information content (AvgIpc) is 3.30. The summed E-state index contributed by atoms with van der Waals surface area (Å²) >= 11 is 0. The van der Waals surface area contributed by atoms with Crippen molar-refractivity contribution in [3.8, 4) is 33.4 Å². The maximum atomic E-state index is 2.47. The zero-order valence-corrected chi connectivity index (χ0v) is 25.4. The van der Waals surface area contributed by atoms with Crippen LogP contribution in [-0.2, 0) is 5.41 Å². The molecule has 0 saturated carbocycles. The molecular formula is C45H30. The highest BCUT2D eigenvalue weighted by molar-refractivity contribution is 6.25. The van der Waals surface area contributed by atoms with Gasteiger partial charge in [-0.15, -0.1) is 0 Å². The molecule has 0 unspecified atom stereocenters. The van der Waals surface area contributed by atoms with Crippen molar-refractivity contribution in [1.29, 1.82) is 0 Å². The molecule has 0 aromatic heterocycles. The molecule has 9 aromatic rings. The highest BCUT2D eigenvalue weighted by atomic mass is 14.4. The standard InChI is InChI=1S/C45H30/c1-45(2)41-25-32(34-21-18-30-17-16-28-10-5-11-29-19-23-38(34)44(30)43(28)29)20-22-37(41)40-26-39-31(24-42(40)45)12-7-15-36(39)35-14-6-9-27-8-3-4-13-33(27)35/h3-26H,1-2H3. The Balaban J connectivity index is 1.18. The molecule has 10 rings (SSSR count). The third-order valence-electron chi connectivity index (χ3n) is 10.6. The molecule has 0 amide bonds. The van der Waals surface area contributed by atoms with E-state index < -0.39 is 0 Å². The highest BCUT2D eigenvalue weighted by Crippen LogP contribution is 2.52. The number of rotatable bonds is 2. The lowest BCUT2D eigenvalue weighted by atomic mass is 9.80. The molecule has 0 N–H and O–H groups in total.